The maximum absolute atomic E-state index is 12.9. The second-order valence-electron chi connectivity index (χ2n) is 8.03. The molecule has 36 heavy (non-hydrogen) atoms. The van der Waals surface area contributed by atoms with Gasteiger partial charge in [-0.15, -0.1) is 0 Å². The third-order valence-electron chi connectivity index (χ3n) is 5.73. The molecule has 0 spiro atoms. The monoisotopic (exact) mass is 755 g/mol. The van der Waals surface area contributed by atoms with Crippen LogP contribution in [-0.2, 0) is 0 Å². The predicted molar refractivity (Wildman–Crippen MR) is 165 cm³/mol. The van der Waals surface area contributed by atoms with Crippen LogP contribution < -0.4 is 4.90 Å². The zero-order chi connectivity index (χ0) is 25.6. The molecule has 8 heteroatoms. The number of hydrogen-bond donors (Lipinski definition) is 0. The molecule has 178 valence electrons. The van der Waals surface area contributed by atoms with Crippen LogP contribution in [0.4, 0.5) is 17.1 Å². The SMILES string of the molecule is O=C1C(=Cc2ccc(N(c3ccc(I)cc3)c3ccc(I)cc3)c(Cl)c2)C(=O)c2cc(Cl)c(Cl)cc21. The molecule has 0 unspecified atom stereocenters. The molecule has 0 aromatic heterocycles. The molecule has 4 aromatic carbocycles. The maximum atomic E-state index is 12.9. The van der Waals surface area contributed by atoms with Crippen molar-refractivity contribution in [2.45, 2.75) is 0 Å². The Kier molecular flexibility index (Phi) is 7.47. The second kappa shape index (κ2) is 10.5. The molecule has 0 fully saturated rings. The minimum Gasteiger partial charge on any atom is -0.309 e. The summed E-state index contributed by atoms with van der Waals surface area (Å²) in [6.45, 7) is 0. The maximum Gasteiger partial charge on any atom is 0.197 e. The first-order valence-electron chi connectivity index (χ1n) is 10.6. The van der Waals surface area contributed by atoms with E-state index in [1.54, 1.807) is 12.1 Å². The molecule has 0 aliphatic heterocycles. The Morgan fingerprint density at radius 3 is 1.53 bits per heavy atom. The lowest BCUT2D eigenvalue weighted by Crippen LogP contribution is -2.10. The largest absolute Gasteiger partial charge is 0.309 e. The number of benzene rings is 4. The Morgan fingerprint density at radius 1 is 0.611 bits per heavy atom. The van der Waals surface area contributed by atoms with Gasteiger partial charge in [-0.25, -0.2) is 0 Å². The highest BCUT2D eigenvalue weighted by Gasteiger charge is 2.34. The van der Waals surface area contributed by atoms with E-state index in [2.05, 4.69) is 50.1 Å². The first-order chi connectivity index (χ1) is 17.2. The summed E-state index contributed by atoms with van der Waals surface area (Å²) in [5.74, 6) is -0.763. The summed E-state index contributed by atoms with van der Waals surface area (Å²) in [6, 6.07) is 24.7. The van der Waals surface area contributed by atoms with E-state index < -0.39 is 0 Å². The molecular weight excluding hydrogens is 742 g/mol. The van der Waals surface area contributed by atoms with Gasteiger partial charge in [-0.2, -0.15) is 0 Å². The number of carbonyl (C=O) groups excluding carboxylic acids is 2. The van der Waals surface area contributed by atoms with Crippen LogP contribution in [0.1, 0.15) is 26.3 Å². The van der Waals surface area contributed by atoms with Crippen molar-refractivity contribution in [1.29, 1.82) is 0 Å². The molecule has 0 bridgehead atoms. The number of allylic oxidation sites excluding steroid dienone is 1. The Balaban J connectivity index is 1.55. The number of fused-ring (bicyclic) bond motifs is 1. The van der Waals surface area contributed by atoms with Gasteiger partial charge in [0.25, 0.3) is 0 Å². The van der Waals surface area contributed by atoms with E-state index in [4.69, 9.17) is 34.8 Å². The minimum absolute atomic E-state index is 0.0549. The highest BCUT2D eigenvalue weighted by Crippen LogP contribution is 2.40. The molecule has 0 N–H and O–H groups in total. The normalized spacial score (nSPS) is 12.6. The topological polar surface area (TPSA) is 37.4 Å². The lowest BCUT2D eigenvalue weighted by Gasteiger charge is -2.26. The Labute approximate surface area is 250 Å². The van der Waals surface area contributed by atoms with Gasteiger partial charge in [0.05, 0.1) is 26.3 Å². The number of Topliss-reactive ketones (excluding diaryl/α,β-unsaturated/α-hetero) is 2. The number of anilines is 3. The number of ketones is 2. The second-order valence-corrected chi connectivity index (χ2v) is 11.7. The minimum atomic E-state index is -0.381. The predicted octanol–water partition coefficient (Wildman–Crippen LogP) is 9.79. The molecule has 0 heterocycles. The van der Waals surface area contributed by atoms with Gasteiger partial charge in [-0.3, -0.25) is 9.59 Å². The van der Waals surface area contributed by atoms with Gasteiger partial charge in [0, 0.05) is 29.6 Å². The average Bonchev–Trinajstić information content (AvgIpc) is 3.07. The van der Waals surface area contributed by atoms with Gasteiger partial charge in [0.2, 0.25) is 0 Å². The van der Waals surface area contributed by atoms with E-state index in [1.807, 2.05) is 60.7 Å². The fourth-order valence-electron chi connectivity index (χ4n) is 4.02. The Bertz CT molecular complexity index is 1480. The van der Waals surface area contributed by atoms with Crippen LogP contribution >= 0.6 is 80.0 Å². The van der Waals surface area contributed by atoms with Crippen molar-refractivity contribution in [3.05, 3.63) is 123 Å². The van der Waals surface area contributed by atoms with Gasteiger partial charge in [-0.05, 0) is 130 Å². The van der Waals surface area contributed by atoms with Gasteiger partial charge in [-0.1, -0.05) is 40.9 Å². The molecule has 0 atom stereocenters. The summed E-state index contributed by atoms with van der Waals surface area (Å²) in [5, 5.41) is 0.941. The van der Waals surface area contributed by atoms with Crippen molar-refractivity contribution >= 4 is 115 Å². The lowest BCUT2D eigenvalue weighted by molar-refractivity contribution is 0.0990. The number of rotatable bonds is 4. The molecular formula is C28H14Cl3I2NO2. The van der Waals surface area contributed by atoms with Crippen molar-refractivity contribution in [2.24, 2.45) is 0 Å². The third kappa shape index (κ3) is 4.96. The summed E-state index contributed by atoms with van der Waals surface area (Å²) in [6.07, 6.45) is 1.56. The summed E-state index contributed by atoms with van der Waals surface area (Å²) >= 11 is 23.5. The first-order valence-corrected chi connectivity index (χ1v) is 13.9. The van der Waals surface area contributed by atoms with Gasteiger partial charge in [0.15, 0.2) is 11.6 Å². The van der Waals surface area contributed by atoms with Crippen LogP contribution in [0.5, 0.6) is 0 Å². The van der Waals surface area contributed by atoms with E-state index in [0.717, 1.165) is 24.2 Å². The number of halogens is 5. The van der Waals surface area contributed by atoms with Crippen LogP contribution in [0.3, 0.4) is 0 Å². The van der Waals surface area contributed by atoms with Crippen molar-refractivity contribution in [3.8, 4) is 0 Å². The van der Waals surface area contributed by atoms with Crippen LogP contribution in [0.2, 0.25) is 15.1 Å². The summed E-state index contributed by atoms with van der Waals surface area (Å²) in [5.41, 5.74) is 3.88. The average molecular weight is 757 g/mol. The summed E-state index contributed by atoms with van der Waals surface area (Å²) < 4.78 is 2.25. The molecule has 0 radical (unpaired) electrons. The Hall–Kier alpha value is -1.91. The van der Waals surface area contributed by atoms with Crippen LogP contribution in [0, 0.1) is 7.14 Å². The summed E-state index contributed by atoms with van der Waals surface area (Å²) in [4.78, 5) is 27.9. The van der Waals surface area contributed by atoms with E-state index in [-0.39, 0.29) is 38.3 Å². The van der Waals surface area contributed by atoms with E-state index >= 15 is 0 Å². The quantitative estimate of drug-likeness (QED) is 0.118. The van der Waals surface area contributed by atoms with Crippen molar-refractivity contribution in [2.75, 3.05) is 4.90 Å². The van der Waals surface area contributed by atoms with Gasteiger partial charge < -0.3 is 4.90 Å². The number of hydrogen-bond acceptors (Lipinski definition) is 3. The summed E-state index contributed by atoms with van der Waals surface area (Å²) in [7, 11) is 0. The van der Waals surface area contributed by atoms with Gasteiger partial charge in [0.1, 0.15) is 0 Å². The molecule has 4 aromatic rings. The lowest BCUT2D eigenvalue weighted by atomic mass is 10.1. The first kappa shape index (κ1) is 25.7. The van der Waals surface area contributed by atoms with Gasteiger partial charge >= 0.3 is 0 Å². The van der Waals surface area contributed by atoms with Crippen molar-refractivity contribution in [3.63, 3.8) is 0 Å². The standard InChI is InChI=1S/C28H14Cl3I2NO2/c29-23-13-20-21(14-24(23)30)28(36)22(27(20)35)11-15-1-10-26(25(31)12-15)34(18-6-2-16(32)3-7-18)19-8-4-17(33)5-9-19/h1-14H. The fourth-order valence-corrected chi connectivity index (χ4v) is 5.34. The van der Waals surface area contributed by atoms with E-state index in [1.165, 1.54) is 12.1 Å². The van der Waals surface area contributed by atoms with Crippen molar-refractivity contribution < 1.29 is 9.59 Å². The van der Waals surface area contributed by atoms with Crippen LogP contribution in [0.15, 0.2) is 84.4 Å². The molecule has 1 aliphatic rings. The van der Waals surface area contributed by atoms with Crippen LogP contribution in [-0.4, -0.2) is 11.6 Å². The zero-order valence-electron chi connectivity index (χ0n) is 18.2. The zero-order valence-corrected chi connectivity index (χ0v) is 24.8. The molecule has 0 saturated heterocycles. The molecule has 1 aliphatic carbocycles. The highest BCUT2D eigenvalue weighted by atomic mass is 127. The van der Waals surface area contributed by atoms with E-state index in [0.29, 0.717) is 10.6 Å². The number of nitrogens with zero attached hydrogens (tertiary/aromatic N) is 1. The molecule has 0 amide bonds. The van der Waals surface area contributed by atoms with E-state index in [9.17, 15) is 9.59 Å². The molecule has 0 saturated carbocycles. The fraction of sp³-hybridized carbons (Fsp3) is 0. The van der Waals surface area contributed by atoms with Crippen molar-refractivity contribution in [1.82, 2.24) is 0 Å². The third-order valence-corrected chi connectivity index (χ3v) is 8.20. The molecule has 3 nitrogen and oxygen atoms in total. The molecule has 5 rings (SSSR count). The van der Waals surface area contributed by atoms with Crippen LogP contribution in [0.25, 0.3) is 6.08 Å². The smallest absolute Gasteiger partial charge is 0.197 e. The Morgan fingerprint density at radius 2 is 1.08 bits per heavy atom. The number of carbonyl (C=O) groups is 2. The highest BCUT2D eigenvalue weighted by molar-refractivity contribution is 14.1.